The van der Waals surface area contributed by atoms with Crippen molar-refractivity contribution >= 4 is 21.6 Å². The van der Waals surface area contributed by atoms with Gasteiger partial charge in [0.15, 0.2) is 0 Å². The molecule has 1 aromatic rings. The molecule has 4 N–H and O–H groups in total. The molecular formula is C12H19N3O4S. The zero-order chi connectivity index (χ0) is 15.2. The van der Waals surface area contributed by atoms with Crippen LogP contribution in [0.15, 0.2) is 18.2 Å². The van der Waals surface area contributed by atoms with Crippen molar-refractivity contribution in [3.63, 3.8) is 0 Å². The highest BCUT2D eigenvalue weighted by Crippen LogP contribution is 2.18. The number of sulfonamides is 1. The summed E-state index contributed by atoms with van der Waals surface area (Å²) >= 11 is 0. The average Bonchev–Trinajstić information content (AvgIpc) is 2.36. The minimum Gasteiger partial charge on any atom is -0.497 e. The highest BCUT2D eigenvalue weighted by Gasteiger charge is 2.08. The van der Waals surface area contributed by atoms with Crippen LogP contribution in [0.1, 0.15) is 16.8 Å². The second-order valence-corrected chi connectivity index (χ2v) is 6.10. The van der Waals surface area contributed by atoms with Gasteiger partial charge >= 0.3 is 0 Å². The van der Waals surface area contributed by atoms with Gasteiger partial charge in [-0.05, 0) is 18.6 Å². The summed E-state index contributed by atoms with van der Waals surface area (Å²) in [4.78, 5) is 11.9. The fourth-order valence-electron chi connectivity index (χ4n) is 1.52. The average molecular weight is 301 g/mol. The molecule has 0 aliphatic rings. The molecular weight excluding hydrogens is 282 g/mol. The summed E-state index contributed by atoms with van der Waals surface area (Å²) in [6.45, 7) is 0.637. The third-order valence-corrected chi connectivity index (χ3v) is 3.16. The van der Waals surface area contributed by atoms with Crippen molar-refractivity contribution in [2.75, 3.05) is 32.2 Å². The van der Waals surface area contributed by atoms with E-state index in [9.17, 15) is 13.2 Å². The number of carbonyl (C=O) groups is 1. The maximum absolute atomic E-state index is 11.9. The molecule has 0 aromatic heterocycles. The topological polar surface area (TPSA) is 111 Å². The zero-order valence-electron chi connectivity index (χ0n) is 11.5. The molecule has 0 aliphatic heterocycles. The first kappa shape index (κ1) is 16.3. The van der Waals surface area contributed by atoms with Gasteiger partial charge in [-0.25, -0.2) is 13.1 Å². The van der Waals surface area contributed by atoms with Gasteiger partial charge in [0, 0.05) is 30.4 Å². The lowest BCUT2D eigenvalue weighted by atomic mass is 10.1. The molecule has 1 rings (SSSR count). The van der Waals surface area contributed by atoms with Gasteiger partial charge in [0.25, 0.3) is 5.91 Å². The largest absolute Gasteiger partial charge is 0.497 e. The number of amides is 1. The molecule has 8 heteroatoms. The van der Waals surface area contributed by atoms with Gasteiger partial charge in [0.1, 0.15) is 5.75 Å². The van der Waals surface area contributed by atoms with Crippen LogP contribution in [-0.2, 0) is 10.0 Å². The molecule has 1 amide bonds. The van der Waals surface area contributed by atoms with Gasteiger partial charge in [0.2, 0.25) is 10.0 Å². The van der Waals surface area contributed by atoms with Crippen molar-refractivity contribution in [2.45, 2.75) is 6.42 Å². The van der Waals surface area contributed by atoms with E-state index in [0.29, 0.717) is 30.0 Å². The predicted octanol–water partition coefficient (Wildman–Crippen LogP) is -0.0535. The summed E-state index contributed by atoms with van der Waals surface area (Å²) in [6.07, 6.45) is 1.59. The number of ether oxygens (including phenoxy) is 1. The smallest absolute Gasteiger partial charge is 0.251 e. The van der Waals surface area contributed by atoms with E-state index in [1.807, 2.05) is 0 Å². The molecule has 112 valence electrons. The van der Waals surface area contributed by atoms with Gasteiger partial charge in [-0.1, -0.05) is 0 Å². The van der Waals surface area contributed by atoms with E-state index in [0.717, 1.165) is 6.26 Å². The number of carbonyl (C=O) groups excluding carboxylic acids is 1. The number of hydrogen-bond acceptors (Lipinski definition) is 5. The summed E-state index contributed by atoms with van der Waals surface area (Å²) in [6, 6.07) is 4.75. The van der Waals surface area contributed by atoms with E-state index >= 15 is 0 Å². The molecule has 0 fully saturated rings. The Bertz CT molecular complexity index is 572. The highest BCUT2D eigenvalue weighted by atomic mass is 32.2. The maximum atomic E-state index is 11.9. The van der Waals surface area contributed by atoms with Crippen LogP contribution in [0.5, 0.6) is 5.75 Å². The molecule has 7 nitrogen and oxygen atoms in total. The van der Waals surface area contributed by atoms with E-state index < -0.39 is 10.0 Å². The summed E-state index contributed by atoms with van der Waals surface area (Å²) in [5, 5.41) is 2.68. The van der Waals surface area contributed by atoms with Crippen LogP contribution in [-0.4, -0.2) is 40.8 Å². The second-order valence-electron chi connectivity index (χ2n) is 4.27. The van der Waals surface area contributed by atoms with E-state index in [4.69, 9.17) is 10.5 Å². The van der Waals surface area contributed by atoms with Crippen LogP contribution in [0.4, 0.5) is 5.69 Å². The number of anilines is 1. The van der Waals surface area contributed by atoms with Crippen LogP contribution < -0.4 is 20.5 Å². The quantitative estimate of drug-likeness (QED) is 0.483. The number of benzene rings is 1. The first-order chi connectivity index (χ1) is 9.31. The van der Waals surface area contributed by atoms with E-state index in [1.165, 1.54) is 7.11 Å². The molecule has 1 aromatic carbocycles. The Balaban J connectivity index is 2.45. The van der Waals surface area contributed by atoms with Crippen LogP contribution in [0, 0.1) is 0 Å². The minimum atomic E-state index is -3.19. The van der Waals surface area contributed by atoms with Crippen molar-refractivity contribution in [1.29, 1.82) is 0 Å². The summed E-state index contributed by atoms with van der Waals surface area (Å²) in [5.41, 5.74) is 6.50. The molecule has 0 saturated heterocycles. The molecule has 0 atom stereocenters. The third kappa shape index (κ3) is 5.89. The Hall–Kier alpha value is -1.80. The van der Waals surface area contributed by atoms with Crippen molar-refractivity contribution in [3.8, 4) is 5.75 Å². The molecule has 0 saturated carbocycles. The number of methoxy groups -OCH3 is 1. The zero-order valence-corrected chi connectivity index (χ0v) is 12.3. The van der Waals surface area contributed by atoms with Gasteiger partial charge in [-0.2, -0.15) is 0 Å². The number of nitrogen functional groups attached to an aromatic ring is 1. The second kappa shape index (κ2) is 7.11. The van der Waals surface area contributed by atoms with E-state index in [2.05, 4.69) is 10.0 Å². The van der Waals surface area contributed by atoms with Crippen LogP contribution >= 0.6 is 0 Å². The predicted molar refractivity (Wildman–Crippen MR) is 77.2 cm³/mol. The van der Waals surface area contributed by atoms with Gasteiger partial charge in [-0.3, -0.25) is 4.79 Å². The fourth-order valence-corrected chi connectivity index (χ4v) is 2.04. The normalized spacial score (nSPS) is 11.1. The molecule has 20 heavy (non-hydrogen) atoms. The number of rotatable bonds is 7. The molecule has 0 spiro atoms. The summed E-state index contributed by atoms with van der Waals surface area (Å²) < 4.78 is 29.0. The molecule has 0 bridgehead atoms. The number of nitrogens with two attached hydrogens (primary N) is 1. The lowest BCUT2D eigenvalue weighted by Gasteiger charge is -2.08. The first-order valence-corrected chi connectivity index (χ1v) is 7.88. The van der Waals surface area contributed by atoms with Crippen LogP contribution in [0.3, 0.4) is 0 Å². The van der Waals surface area contributed by atoms with Crippen molar-refractivity contribution in [1.82, 2.24) is 10.0 Å². The lowest BCUT2D eigenvalue weighted by molar-refractivity contribution is 0.0953. The van der Waals surface area contributed by atoms with E-state index in [-0.39, 0.29) is 12.5 Å². The first-order valence-electron chi connectivity index (χ1n) is 5.99. The summed E-state index contributed by atoms with van der Waals surface area (Å²) in [7, 11) is -1.69. The third-order valence-electron chi connectivity index (χ3n) is 2.43. The number of hydrogen-bond donors (Lipinski definition) is 3. The van der Waals surface area contributed by atoms with Crippen LogP contribution in [0.25, 0.3) is 0 Å². The maximum Gasteiger partial charge on any atom is 0.251 e. The Morgan fingerprint density at radius 2 is 2.00 bits per heavy atom. The Morgan fingerprint density at radius 3 is 2.60 bits per heavy atom. The molecule has 0 heterocycles. The molecule has 0 unspecified atom stereocenters. The lowest BCUT2D eigenvalue weighted by Crippen LogP contribution is -2.29. The molecule has 0 aliphatic carbocycles. The Morgan fingerprint density at radius 1 is 1.30 bits per heavy atom. The summed E-state index contributed by atoms with van der Waals surface area (Å²) in [5.74, 6) is 0.226. The van der Waals surface area contributed by atoms with Crippen molar-refractivity contribution in [2.24, 2.45) is 0 Å². The van der Waals surface area contributed by atoms with E-state index in [1.54, 1.807) is 18.2 Å². The Kier molecular flexibility index (Phi) is 5.78. The van der Waals surface area contributed by atoms with Gasteiger partial charge < -0.3 is 15.8 Å². The van der Waals surface area contributed by atoms with Gasteiger partial charge in [-0.15, -0.1) is 0 Å². The number of nitrogens with one attached hydrogen (secondary N) is 2. The fraction of sp³-hybridized carbons (Fsp3) is 0.417. The van der Waals surface area contributed by atoms with Crippen LogP contribution in [0.2, 0.25) is 0 Å². The van der Waals surface area contributed by atoms with Gasteiger partial charge in [0.05, 0.1) is 13.4 Å². The Labute approximate surface area is 118 Å². The standard InChI is InChI=1S/C12H19N3O4S/c1-19-11-7-9(6-10(13)8-11)12(16)14-4-3-5-15-20(2,17)18/h6-8,15H,3-5,13H2,1-2H3,(H,14,16). The highest BCUT2D eigenvalue weighted by molar-refractivity contribution is 7.88. The van der Waals surface area contributed by atoms with Crippen molar-refractivity contribution < 1.29 is 17.9 Å². The molecule has 0 radical (unpaired) electrons. The monoisotopic (exact) mass is 301 g/mol. The van der Waals surface area contributed by atoms with Crippen molar-refractivity contribution in [3.05, 3.63) is 23.8 Å². The SMILES string of the molecule is COc1cc(N)cc(C(=O)NCCCNS(C)(=O)=O)c1. The minimum absolute atomic E-state index is 0.277.